The zero-order chi connectivity index (χ0) is 9.26. The van der Waals surface area contributed by atoms with Crippen molar-refractivity contribution >= 4 is 17.1 Å². The number of allylic oxidation sites excluding steroid dienone is 1. The van der Waals surface area contributed by atoms with Gasteiger partial charge < -0.3 is 4.57 Å². The van der Waals surface area contributed by atoms with E-state index in [1.54, 1.807) is 0 Å². The van der Waals surface area contributed by atoms with E-state index in [4.69, 9.17) is 0 Å². The highest BCUT2D eigenvalue weighted by Gasteiger charge is 1.98. The van der Waals surface area contributed by atoms with Crippen molar-refractivity contribution in [3.8, 4) is 0 Å². The van der Waals surface area contributed by atoms with E-state index < -0.39 is 0 Å². The molecule has 0 aliphatic rings. The Morgan fingerprint density at radius 2 is 2.23 bits per heavy atom. The van der Waals surface area contributed by atoms with Gasteiger partial charge in [-0.05, 0) is 24.6 Å². The van der Waals surface area contributed by atoms with Crippen LogP contribution in [0, 0.1) is 0 Å². The molecular weight excluding hydrogens is 160 g/mol. The molecule has 13 heavy (non-hydrogen) atoms. The number of hydrogen-bond donors (Lipinski definition) is 0. The zero-order valence-corrected chi connectivity index (χ0v) is 7.86. The van der Waals surface area contributed by atoms with E-state index in [9.17, 15) is 0 Å². The maximum absolute atomic E-state index is 4.29. The number of hydrogen-bond acceptors (Lipinski definition) is 1. The molecule has 66 valence electrons. The van der Waals surface area contributed by atoms with Crippen LogP contribution in [0.3, 0.4) is 0 Å². The minimum Gasteiger partial charge on any atom is -0.334 e. The van der Waals surface area contributed by atoms with Gasteiger partial charge in [0.1, 0.15) is 0 Å². The van der Waals surface area contributed by atoms with Crippen LogP contribution in [0.4, 0.5) is 0 Å². The predicted octanol–water partition coefficient (Wildman–Crippen LogP) is 2.61. The van der Waals surface area contributed by atoms with Gasteiger partial charge in [0.05, 0.1) is 17.4 Å². The molecule has 2 rings (SSSR count). The van der Waals surface area contributed by atoms with E-state index in [1.165, 1.54) is 11.1 Å². The van der Waals surface area contributed by atoms with Crippen molar-refractivity contribution in [1.82, 2.24) is 9.55 Å². The molecule has 0 atom stereocenters. The first kappa shape index (κ1) is 8.05. The van der Waals surface area contributed by atoms with Gasteiger partial charge in [-0.3, -0.25) is 0 Å². The maximum Gasteiger partial charge on any atom is 0.0955 e. The summed E-state index contributed by atoms with van der Waals surface area (Å²) >= 11 is 0. The molecule has 0 N–H and O–H groups in total. The first-order valence-corrected chi connectivity index (χ1v) is 4.35. The lowest BCUT2D eigenvalue weighted by Gasteiger charge is -1.95. The van der Waals surface area contributed by atoms with Crippen molar-refractivity contribution in [3.05, 3.63) is 36.2 Å². The second kappa shape index (κ2) is 3.05. The summed E-state index contributed by atoms with van der Waals surface area (Å²) in [6.45, 7) is 2.02. The Morgan fingerprint density at radius 3 is 3.00 bits per heavy atom. The lowest BCUT2D eigenvalue weighted by atomic mass is 10.2. The lowest BCUT2D eigenvalue weighted by molar-refractivity contribution is 0.947. The molecule has 0 unspecified atom stereocenters. The van der Waals surface area contributed by atoms with Crippen LogP contribution in [0.1, 0.15) is 12.5 Å². The second-order valence-corrected chi connectivity index (χ2v) is 3.10. The van der Waals surface area contributed by atoms with E-state index in [0.29, 0.717) is 0 Å². The molecule has 0 aliphatic carbocycles. The Labute approximate surface area is 77.5 Å². The fourth-order valence-corrected chi connectivity index (χ4v) is 1.45. The van der Waals surface area contributed by atoms with Gasteiger partial charge in [-0.15, -0.1) is 0 Å². The Balaban J connectivity index is 2.63. The monoisotopic (exact) mass is 172 g/mol. The molecule has 2 aromatic rings. The van der Waals surface area contributed by atoms with Gasteiger partial charge in [0, 0.05) is 7.05 Å². The first-order chi connectivity index (χ1) is 6.31. The largest absolute Gasteiger partial charge is 0.334 e. The van der Waals surface area contributed by atoms with Crippen LogP contribution in [0.2, 0.25) is 0 Å². The topological polar surface area (TPSA) is 17.8 Å². The third kappa shape index (κ3) is 1.35. The Kier molecular flexibility index (Phi) is 1.89. The standard InChI is InChI=1S/C11H12N2/c1-3-4-9-5-6-11-10(7-9)12-8-13(11)2/h3-8H,1-2H3/b4-3-. The molecule has 0 amide bonds. The van der Waals surface area contributed by atoms with E-state index >= 15 is 0 Å². The van der Waals surface area contributed by atoms with Gasteiger partial charge in [-0.1, -0.05) is 18.2 Å². The summed E-state index contributed by atoms with van der Waals surface area (Å²) in [4.78, 5) is 4.29. The highest BCUT2D eigenvalue weighted by Crippen LogP contribution is 2.14. The summed E-state index contributed by atoms with van der Waals surface area (Å²) < 4.78 is 2.02. The van der Waals surface area contributed by atoms with Crippen LogP contribution in [-0.4, -0.2) is 9.55 Å². The smallest absolute Gasteiger partial charge is 0.0955 e. The van der Waals surface area contributed by atoms with Crippen LogP contribution in [0.15, 0.2) is 30.6 Å². The number of nitrogens with zero attached hydrogens (tertiary/aromatic N) is 2. The third-order valence-corrected chi connectivity index (χ3v) is 2.11. The quantitative estimate of drug-likeness (QED) is 0.646. The van der Waals surface area contributed by atoms with Crippen LogP contribution in [0.25, 0.3) is 17.1 Å². The van der Waals surface area contributed by atoms with Crippen LogP contribution in [0.5, 0.6) is 0 Å². The summed E-state index contributed by atoms with van der Waals surface area (Å²) in [7, 11) is 2.00. The third-order valence-electron chi connectivity index (χ3n) is 2.11. The minimum atomic E-state index is 1.05. The maximum atomic E-state index is 4.29. The van der Waals surface area contributed by atoms with Gasteiger partial charge in [0.25, 0.3) is 0 Å². The molecule has 1 aromatic heterocycles. The van der Waals surface area contributed by atoms with Crippen molar-refractivity contribution in [2.45, 2.75) is 6.92 Å². The Bertz CT molecular complexity index is 452. The number of aromatic nitrogens is 2. The molecule has 0 radical (unpaired) electrons. The normalized spacial score (nSPS) is 11.5. The number of rotatable bonds is 1. The van der Waals surface area contributed by atoms with E-state index in [0.717, 1.165) is 5.52 Å². The summed E-state index contributed by atoms with van der Waals surface area (Å²) in [5.41, 5.74) is 3.43. The molecule has 2 nitrogen and oxygen atoms in total. The van der Waals surface area contributed by atoms with Gasteiger partial charge >= 0.3 is 0 Å². The minimum absolute atomic E-state index is 1.05. The molecular formula is C11H12N2. The zero-order valence-electron chi connectivity index (χ0n) is 7.86. The molecule has 2 heteroatoms. The molecule has 0 fully saturated rings. The summed E-state index contributed by atoms with van der Waals surface area (Å²) in [6, 6.07) is 6.29. The molecule has 0 bridgehead atoms. The molecule has 0 saturated heterocycles. The Hall–Kier alpha value is -1.57. The number of benzene rings is 1. The lowest BCUT2D eigenvalue weighted by Crippen LogP contribution is -1.82. The average Bonchev–Trinajstić information content (AvgIpc) is 2.48. The fourth-order valence-electron chi connectivity index (χ4n) is 1.45. The molecule has 1 aromatic carbocycles. The number of fused-ring (bicyclic) bond motifs is 1. The average molecular weight is 172 g/mol. The van der Waals surface area contributed by atoms with Gasteiger partial charge in [0.2, 0.25) is 0 Å². The summed E-state index contributed by atoms with van der Waals surface area (Å²) in [5.74, 6) is 0. The molecule has 0 aliphatic heterocycles. The molecule has 0 spiro atoms. The summed E-state index contributed by atoms with van der Waals surface area (Å²) in [5, 5.41) is 0. The summed E-state index contributed by atoms with van der Waals surface area (Å²) in [6.07, 6.45) is 5.95. The van der Waals surface area contributed by atoms with Gasteiger partial charge in [-0.2, -0.15) is 0 Å². The van der Waals surface area contributed by atoms with Crippen LogP contribution >= 0.6 is 0 Å². The van der Waals surface area contributed by atoms with Crippen LogP contribution < -0.4 is 0 Å². The van der Waals surface area contributed by atoms with Gasteiger partial charge in [-0.25, -0.2) is 4.98 Å². The number of imidazole rings is 1. The fraction of sp³-hybridized carbons (Fsp3) is 0.182. The van der Waals surface area contributed by atoms with Crippen molar-refractivity contribution < 1.29 is 0 Å². The number of aryl methyl sites for hydroxylation is 1. The van der Waals surface area contributed by atoms with E-state index in [1.807, 2.05) is 30.9 Å². The van der Waals surface area contributed by atoms with Crippen molar-refractivity contribution in [3.63, 3.8) is 0 Å². The van der Waals surface area contributed by atoms with Gasteiger partial charge in [0.15, 0.2) is 0 Å². The van der Waals surface area contributed by atoms with Crippen molar-refractivity contribution in [2.75, 3.05) is 0 Å². The van der Waals surface area contributed by atoms with Crippen molar-refractivity contribution in [1.29, 1.82) is 0 Å². The van der Waals surface area contributed by atoms with Crippen molar-refractivity contribution in [2.24, 2.45) is 7.05 Å². The molecule has 0 saturated carbocycles. The van der Waals surface area contributed by atoms with E-state index in [2.05, 4.69) is 29.3 Å². The Morgan fingerprint density at radius 1 is 1.38 bits per heavy atom. The SMILES string of the molecule is C/C=C\c1ccc2c(c1)ncn2C. The molecule has 1 heterocycles. The predicted molar refractivity (Wildman–Crippen MR) is 55.4 cm³/mol. The second-order valence-electron chi connectivity index (χ2n) is 3.10. The highest BCUT2D eigenvalue weighted by molar-refractivity contribution is 5.78. The first-order valence-electron chi connectivity index (χ1n) is 4.35. The van der Waals surface area contributed by atoms with Crippen LogP contribution in [-0.2, 0) is 7.05 Å². The van der Waals surface area contributed by atoms with E-state index in [-0.39, 0.29) is 0 Å². The highest BCUT2D eigenvalue weighted by atomic mass is 15.0.